The maximum atomic E-state index is 12.9. The average Bonchev–Trinajstić information content (AvgIpc) is 3.47. The predicted molar refractivity (Wildman–Crippen MR) is 118 cm³/mol. The minimum atomic E-state index is 0.260. The van der Waals surface area contributed by atoms with E-state index in [9.17, 15) is 4.79 Å². The second-order valence-electron chi connectivity index (χ2n) is 9.23. The highest BCUT2D eigenvalue weighted by Gasteiger charge is 2.34. The molecule has 30 heavy (non-hydrogen) atoms. The molecule has 5 rings (SSSR count). The summed E-state index contributed by atoms with van der Waals surface area (Å²) in [5.41, 5.74) is 3.74. The Morgan fingerprint density at radius 2 is 1.83 bits per heavy atom. The molecule has 1 saturated heterocycles. The molecule has 5 nitrogen and oxygen atoms in total. The number of hydrogen-bond acceptors (Lipinski definition) is 4. The van der Waals surface area contributed by atoms with Crippen molar-refractivity contribution in [3.8, 4) is 0 Å². The number of likely N-dealkylation sites (tertiary alicyclic amines) is 1. The number of aromatic nitrogens is 2. The Kier molecular flexibility index (Phi) is 5.45. The summed E-state index contributed by atoms with van der Waals surface area (Å²) in [7, 11) is 0. The molecule has 0 bridgehead atoms. The molecule has 2 fully saturated rings. The van der Waals surface area contributed by atoms with Crippen molar-refractivity contribution in [3.63, 3.8) is 0 Å². The number of aryl methyl sites for hydroxylation is 1. The number of hydrogen-bond donors (Lipinski definition) is 0. The van der Waals surface area contributed by atoms with Crippen LogP contribution in [-0.2, 0) is 17.8 Å². The van der Waals surface area contributed by atoms with E-state index in [1.54, 1.807) is 0 Å². The van der Waals surface area contributed by atoms with E-state index < -0.39 is 0 Å². The first-order valence-electron chi connectivity index (χ1n) is 11.6. The van der Waals surface area contributed by atoms with Crippen LogP contribution >= 0.6 is 0 Å². The van der Waals surface area contributed by atoms with Crippen LogP contribution in [-0.4, -0.2) is 40.4 Å². The molecule has 158 valence electrons. The molecule has 0 spiro atoms. The zero-order valence-corrected chi connectivity index (χ0v) is 18.0. The third-order valence-corrected chi connectivity index (χ3v) is 7.15. The third-order valence-electron chi connectivity index (χ3n) is 7.15. The fourth-order valence-electron chi connectivity index (χ4n) is 5.45. The van der Waals surface area contributed by atoms with Gasteiger partial charge in [0.1, 0.15) is 11.6 Å². The van der Waals surface area contributed by atoms with Crippen LogP contribution < -0.4 is 4.90 Å². The molecule has 1 aromatic carbocycles. The number of carbonyl (C=O) groups excluding carboxylic acids is 1. The number of benzene rings is 1. The SMILES string of the molecule is Cc1nc(C2CCN(C(=O)C3CCCC3)C2)nc2c1CCCN2Cc1ccccc1. The fourth-order valence-corrected chi connectivity index (χ4v) is 5.45. The van der Waals surface area contributed by atoms with E-state index in [2.05, 4.69) is 47.1 Å². The van der Waals surface area contributed by atoms with E-state index in [1.807, 2.05) is 0 Å². The van der Waals surface area contributed by atoms with E-state index in [0.29, 0.717) is 5.91 Å². The molecule has 1 aromatic heterocycles. The van der Waals surface area contributed by atoms with Crippen molar-refractivity contribution in [2.45, 2.75) is 64.3 Å². The normalized spacial score (nSPS) is 21.8. The summed E-state index contributed by atoms with van der Waals surface area (Å²) >= 11 is 0. The lowest BCUT2D eigenvalue weighted by Crippen LogP contribution is -2.33. The van der Waals surface area contributed by atoms with Crippen molar-refractivity contribution < 1.29 is 4.79 Å². The fraction of sp³-hybridized carbons (Fsp3) is 0.560. The molecule has 0 N–H and O–H groups in total. The quantitative estimate of drug-likeness (QED) is 0.765. The zero-order chi connectivity index (χ0) is 20.5. The van der Waals surface area contributed by atoms with E-state index in [0.717, 1.165) is 75.6 Å². The summed E-state index contributed by atoms with van der Waals surface area (Å²) in [5, 5.41) is 0. The maximum absolute atomic E-state index is 12.9. The zero-order valence-electron chi connectivity index (χ0n) is 18.0. The average molecular weight is 405 g/mol. The second kappa shape index (κ2) is 8.37. The molecule has 2 aliphatic heterocycles. The molecule has 1 unspecified atom stereocenters. The van der Waals surface area contributed by atoms with Gasteiger partial charge >= 0.3 is 0 Å². The summed E-state index contributed by atoms with van der Waals surface area (Å²) in [6.45, 7) is 5.70. The van der Waals surface area contributed by atoms with E-state index >= 15 is 0 Å². The Morgan fingerprint density at radius 3 is 2.63 bits per heavy atom. The van der Waals surface area contributed by atoms with Gasteiger partial charge in [0.15, 0.2) is 0 Å². The highest BCUT2D eigenvalue weighted by molar-refractivity contribution is 5.79. The first kappa shape index (κ1) is 19.5. The summed E-state index contributed by atoms with van der Waals surface area (Å²) in [6.07, 6.45) is 7.75. The van der Waals surface area contributed by atoms with Crippen molar-refractivity contribution in [2.75, 3.05) is 24.5 Å². The van der Waals surface area contributed by atoms with Gasteiger partial charge in [-0.05, 0) is 44.6 Å². The Bertz CT molecular complexity index is 907. The van der Waals surface area contributed by atoms with Crippen LogP contribution in [0.5, 0.6) is 0 Å². The number of carbonyl (C=O) groups is 1. The lowest BCUT2D eigenvalue weighted by Gasteiger charge is -2.31. The van der Waals surface area contributed by atoms with Crippen LogP contribution in [0.4, 0.5) is 5.82 Å². The summed E-state index contributed by atoms with van der Waals surface area (Å²) in [6, 6.07) is 10.6. The van der Waals surface area contributed by atoms with Crippen molar-refractivity contribution in [3.05, 3.63) is 53.0 Å². The van der Waals surface area contributed by atoms with Gasteiger partial charge in [-0.15, -0.1) is 0 Å². The van der Waals surface area contributed by atoms with E-state index in [4.69, 9.17) is 9.97 Å². The van der Waals surface area contributed by atoms with Gasteiger partial charge < -0.3 is 9.80 Å². The van der Waals surface area contributed by atoms with Gasteiger partial charge in [-0.1, -0.05) is 43.2 Å². The van der Waals surface area contributed by atoms with Crippen molar-refractivity contribution in [1.29, 1.82) is 0 Å². The van der Waals surface area contributed by atoms with Gasteiger partial charge in [0.05, 0.1) is 0 Å². The van der Waals surface area contributed by atoms with Gasteiger partial charge in [0.25, 0.3) is 0 Å². The van der Waals surface area contributed by atoms with Crippen molar-refractivity contribution in [2.24, 2.45) is 5.92 Å². The van der Waals surface area contributed by atoms with Gasteiger partial charge in [-0.25, -0.2) is 9.97 Å². The van der Waals surface area contributed by atoms with Gasteiger partial charge in [-0.2, -0.15) is 0 Å². The molecule has 2 aromatic rings. The molecule has 3 heterocycles. The highest BCUT2D eigenvalue weighted by Crippen LogP contribution is 2.34. The van der Waals surface area contributed by atoms with E-state index in [1.165, 1.54) is 24.0 Å². The lowest BCUT2D eigenvalue weighted by atomic mass is 10.0. The number of anilines is 1. The molecule has 1 aliphatic carbocycles. The smallest absolute Gasteiger partial charge is 0.225 e. The van der Waals surface area contributed by atoms with Gasteiger partial charge in [0, 0.05) is 49.3 Å². The van der Waals surface area contributed by atoms with Crippen molar-refractivity contribution >= 4 is 11.7 Å². The molecule has 1 amide bonds. The first-order valence-corrected chi connectivity index (χ1v) is 11.6. The van der Waals surface area contributed by atoms with Gasteiger partial charge in [-0.3, -0.25) is 4.79 Å². The van der Waals surface area contributed by atoms with Gasteiger partial charge in [0.2, 0.25) is 5.91 Å². The molecule has 5 heteroatoms. The molecule has 1 atom stereocenters. The van der Waals surface area contributed by atoms with Crippen molar-refractivity contribution in [1.82, 2.24) is 14.9 Å². The van der Waals surface area contributed by atoms with Crippen LogP contribution in [0.1, 0.15) is 67.1 Å². The molecule has 0 radical (unpaired) electrons. The number of fused-ring (bicyclic) bond motifs is 1. The summed E-state index contributed by atoms with van der Waals surface area (Å²) < 4.78 is 0. The van der Waals surface area contributed by atoms with Crippen LogP contribution in [0.3, 0.4) is 0 Å². The Labute approximate surface area is 179 Å². The standard InChI is InChI=1S/C25H32N4O/c1-18-22-12-7-14-28(16-19-8-3-2-4-9-19)24(22)27-23(26-18)21-13-15-29(17-21)25(30)20-10-5-6-11-20/h2-4,8-9,20-21H,5-7,10-17H2,1H3. The molecular formula is C25H32N4O. The van der Waals surface area contributed by atoms with Crippen LogP contribution in [0.25, 0.3) is 0 Å². The number of rotatable bonds is 4. The minimum absolute atomic E-state index is 0.260. The summed E-state index contributed by atoms with van der Waals surface area (Å²) in [4.78, 5) is 27.4. The molecular weight excluding hydrogens is 372 g/mol. The molecule has 1 saturated carbocycles. The predicted octanol–water partition coefficient (Wildman–Crippen LogP) is 4.24. The molecule has 3 aliphatic rings. The lowest BCUT2D eigenvalue weighted by molar-refractivity contribution is -0.134. The summed E-state index contributed by atoms with van der Waals surface area (Å²) in [5.74, 6) is 2.95. The second-order valence-corrected chi connectivity index (χ2v) is 9.23. The Morgan fingerprint density at radius 1 is 1.03 bits per heavy atom. The van der Waals surface area contributed by atoms with Crippen LogP contribution in [0.2, 0.25) is 0 Å². The number of nitrogens with zero attached hydrogens (tertiary/aromatic N) is 4. The topological polar surface area (TPSA) is 49.3 Å². The van der Waals surface area contributed by atoms with Crippen LogP contribution in [0.15, 0.2) is 30.3 Å². The van der Waals surface area contributed by atoms with E-state index in [-0.39, 0.29) is 11.8 Å². The van der Waals surface area contributed by atoms with Crippen LogP contribution in [0, 0.1) is 12.8 Å². The maximum Gasteiger partial charge on any atom is 0.225 e. The number of amides is 1. The Balaban J connectivity index is 1.36. The minimum Gasteiger partial charge on any atom is -0.352 e. The monoisotopic (exact) mass is 404 g/mol. The highest BCUT2D eigenvalue weighted by atomic mass is 16.2. The largest absolute Gasteiger partial charge is 0.352 e. The first-order chi connectivity index (χ1) is 14.7. The third kappa shape index (κ3) is 3.82. The Hall–Kier alpha value is -2.43.